The van der Waals surface area contributed by atoms with Crippen molar-refractivity contribution in [2.45, 2.75) is 19.3 Å². The molecule has 3 aromatic rings. The maximum absolute atomic E-state index is 14.4. The van der Waals surface area contributed by atoms with Crippen molar-refractivity contribution in [3.63, 3.8) is 0 Å². The van der Waals surface area contributed by atoms with Crippen molar-refractivity contribution >= 4 is 17.9 Å². The number of hydrogen-bond donors (Lipinski definition) is 0. The lowest BCUT2D eigenvalue weighted by atomic mass is 9.83. The van der Waals surface area contributed by atoms with Crippen LogP contribution in [0.25, 0.3) is 6.08 Å². The van der Waals surface area contributed by atoms with Crippen molar-refractivity contribution in [3.8, 4) is 11.5 Å². The third kappa shape index (κ3) is 5.74. The first-order chi connectivity index (χ1) is 16.8. The highest BCUT2D eigenvalue weighted by atomic mass is 19.1. The monoisotopic (exact) mass is 473 g/mol. The van der Waals surface area contributed by atoms with Crippen LogP contribution in [0, 0.1) is 5.82 Å². The normalized spacial score (nSPS) is 14.3. The van der Waals surface area contributed by atoms with E-state index in [2.05, 4.69) is 4.98 Å². The Labute approximate surface area is 204 Å². The second-order valence-corrected chi connectivity index (χ2v) is 8.92. The van der Waals surface area contributed by atoms with Gasteiger partial charge in [-0.1, -0.05) is 36.4 Å². The number of amides is 2. The van der Waals surface area contributed by atoms with E-state index in [1.54, 1.807) is 35.4 Å². The first-order valence-corrected chi connectivity index (χ1v) is 11.5. The Balaban J connectivity index is 1.32. The summed E-state index contributed by atoms with van der Waals surface area (Å²) in [6.45, 7) is 5.71. The molecule has 2 aromatic carbocycles. The summed E-state index contributed by atoms with van der Waals surface area (Å²) in [4.78, 5) is 33.3. The van der Waals surface area contributed by atoms with Crippen LogP contribution in [0.1, 0.15) is 25.0 Å². The number of aromatic nitrogens is 1. The molecule has 2 amide bonds. The highest BCUT2D eigenvalue weighted by molar-refractivity contribution is 5.92. The van der Waals surface area contributed by atoms with E-state index in [0.29, 0.717) is 37.5 Å². The molecule has 35 heavy (non-hydrogen) atoms. The van der Waals surface area contributed by atoms with Crippen LogP contribution in [-0.2, 0) is 15.0 Å². The molecule has 4 rings (SSSR count). The van der Waals surface area contributed by atoms with E-state index in [1.165, 1.54) is 24.4 Å². The summed E-state index contributed by atoms with van der Waals surface area (Å²) in [5, 5.41) is 0. The molecule has 0 spiro atoms. The summed E-state index contributed by atoms with van der Waals surface area (Å²) in [5.74, 6) is -0.127. The fourth-order valence-corrected chi connectivity index (χ4v) is 4.01. The highest BCUT2D eigenvalue weighted by Gasteiger charge is 2.35. The number of nitrogens with zero attached hydrogens (tertiary/aromatic N) is 3. The number of hydrogen-bond acceptors (Lipinski definition) is 4. The van der Waals surface area contributed by atoms with Gasteiger partial charge in [0.15, 0.2) is 11.6 Å². The Bertz CT molecular complexity index is 1200. The lowest BCUT2D eigenvalue weighted by Crippen LogP contribution is -2.54. The zero-order chi connectivity index (χ0) is 24.8. The quantitative estimate of drug-likeness (QED) is 0.488. The maximum Gasteiger partial charge on any atom is 0.246 e. The molecular formula is C28H28FN3O3. The van der Waals surface area contributed by atoms with Crippen LogP contribution < -0.4 is 4.74 Å². The molecule has 0 radical (unpaired) electrons. The van der Waals surface area contributed by atoms with Crippen LogP contribution in [0.4, 0.5) is 4.39 Å². The van der Waals surface area contributed by atoms with E-state index in [9.17, 15) is 14.0 Å². The molecule has 6 nitrogen and oxygen atoms in total. The van der Waals surface area contributed by atoms with Gasteiger partial charge in [0.05, 0.1) is 11.6 Å². The molecule has 1 saturated heterocycles. The number of ether oxygens (including phenoxy) is 1. The van der Waals surface area contributed by atoms with E-state index in [4.69, 9.17) is 4.74 Å². The van der Waals surface area contributed by atoms with Crippen LogP contribution >= 0.6 is 0 Å². The minimum absolute atomic E-state index is 0.0513. The number of rotatable bonds is 6. The summed E-state index contributed by atoms with van der Waals surface area (Å²) in [7, 11) is 0. The topological polar surface area (TPSA) is 62.7 Å². The smallest absolute Gasteiger partial charge is 0.246 e. The van der Waals surface area contributed by atoms with Gasteiger partial charge in [-0.25, -0.2) is 4.39 Å². The Morgan fingerprint density at radius 2 is 1.69 bits per heavy atom. The van der Waals surface area contributed by atoms with Gasteiger partial charge in [-0.2, -0.15) is 0 Å². The van der Waals surface area contributed by atoms with Crippen molar-refractivity contribution in [2.75, 3.05) is 26.2 Å². The van der Waals surface area contributed by atoms with Gasteiger partial charge in [0.25, 0.3) is 0 Å². The van der Waals surface area contributed by atoms with E-state index >= 15 is 0 Å². The molecule has 0 atom stereocenters. The van der Waals surface area contributed by atoms with Gasteiger partial charge in [0.1, 0.15) is 5.75 Å². The lowest BCUT2D eigenvalue weighted by Gasteiger charge is -2.38. The van der Waals surface area contributed by atoms with Gasteiger partial charge in [-0.3, -0.25) is 14.6 Å². The molecule has 1 aliphatic rings. The molecule has 1 aliphatic heterocycles. The summed E-state index contributed by atoms with van der Waals surface area (Å²) in [6, 6.07) is 17.6. The largest absolute Gasteiger partial charge is 0.453 e. The van der Waals surface area contributed by atoms with E-state index in [-0.39, 0.29) is 17.6 Å². The Morgan fingerprint density at radius 3 is 2.34 bits per heavy atom. The van der Waals surface area contributed by atoms with E-state index in [1.807, 2.05) is 49.1 Å². The van der Waals surface area contributed by atoms with Crippen LogP contribution in [0.15, 0.2) is 79.1 Å². The standard InChI is InChI=1S/C28H28FN3O3/c1-28(2,22-7-4-3-5-8-22)27(34)32-17-15-31(16-18-32)26(33)13-11-21-10-12-25(24(29)19-21)35-23-9-6-14-30-20-23/h3-14,19-20H,15-18H2,1-2H3/b13-11+. The molecule has 0 aliphatic carbocycles. The zero-order valence-electron chi connectivity index (χ0n) is 19.9. The van der Waals surface area contributed by atoms with E-state index < -0.39 is 11.2 Å². The number of piperazine rings is 1. The SMILES string of the molecule is CC(C)(C(=O)N1CCN(C(=O)/C=C/c2ccc(Oc3cccnc3)c(F)c2)CC1)c1ccccc1. The molecule has 7 heteroatoms. The number of carbonyl (C=O) groups is 2. The summed E-state index contributed by atoms with van der Waals surface area (Å²) >= 11 is 0. The summed E-state index contributed by atoms with van der Waals surface area (Å²) < 4.78 is 19.9. The molecule has 1 aromatic heterocycles. The van der Waals surface area contributed by atoms with Crippen molar-refractivity contribution in [1.29, 1.82) is 0 Å². The number of carbonyl (C=O) groups excluding carboxylic acids is 2. The van der Waals surface area contributed by atoms with Crippen molar-refractivity contribution in [1.82, 2.24) is 14.8 Å². The zero-order valence-corrected chi connectivity index (χ0v) is 19.9. The predicted octanol–water partition coefficient (Wildman–Crippen LogP) is 4.67. The van der Waals surface area contributed by atoms with E-state index in [0.717, 1.165) is 5.56 Å². The first-order valence-electron chi connectivity index (χ1n) is 11.5. The molecule has 2 heterocycles. The Kier molecular flexibility index (Phi) is 7.25. The molecule has 180 valence electrons. The molecule has 0 N–H and O–H groups in total. The van der Waals surface area contributed by atoms with Gasteiger partial charge < -0.3 is 14.5 Å². The van der Waals surface area contributed by atoms with Crippen molar-refractivity contribution in [3.05, 3.63) is 96.1 Å². The minimum atomic E-state index is -0.635. The fraction of sp³-hybridized carbons (Fsp3) is 0.250. The molecule has 0 saturated carbocycles. The van der Waals surface area contributed by atoms with Gasteiger partial charge in [0.2, 0.25) is 11.8 Å². The second kappa shape index (κ2) is 10.5. The number of pyridine rings is 1. The van der Waals surface area contributed by atoms with Gasteiger partial charge >= 0.3 is 0 Å². The lowest BCUT2D eigenvalue weighted by molar-refractivity contribution is -0.141. The van der Waals surface area contributed by atoms with Crippen LogP contribution in [0.2, 0.25) is 0 Å². The minimum Gasteiger partial charge on any atom is -0.453 e. The fourth-order valence-electron chi connectivity index (χ4n) is 4.01. The maximum atomic E-state index is 14.4. The predicted molar refractivity (Wildman–Crippen MR) is 132 cm³/mol. The number of halogens is 1. The van der Waals surface area contributed by atoms with Crippen LogP contribution in [0.5, 0.6) is 11.5 Å². The van der Waals surface area contributed by atoms with Crippen molar-refractivity contribution in [2.24, 2.45) is 0 Å². The summed E-state index contributed by atoms with van der Waals surface area (Å²) in [6.07, 6.45) is 6.12. The Hall–Kier alpha value is -4.00. The van der Waals surface area contributed by atoms with Crippen LogP contribution in [-0.4, -0.2) is 52.8 Å². The molecule has 1 fully saturated rings. The average molecular weight is 474 g/mol. The van der Waals surface area contributed by atoms with Gasteiger partial charge in [0, 0.05) is 38.5 Å². The van der Waals surface area contributed by atoms with Gasteiger partial charge in [-0.05, 0) is 55.3 Å². The molecule has 0 bridgehead atoms. The number of benzene rings is 2. The third-order valence-corrected chi connectivity index (χ3v) is 6.15. The second-order valence-electron chi connectivity index (χ2n) is 8.92. The first kappa shape index (κ1) is 24.1. The van der Waals surface area contributed by atoms with Gasteiger partial charge in [-0.15, -0.1) is 0 Å². The summed E-state index contributed by atoms with van der Waals surface area (Å²) in [5.41, 5.74) is 0.882. The molecular weight excluding hydrogens is 445 g/mol. The van der Waals surface area contributed by atoms with Crippen LogP contribution in [0.3, 0.4) is 0 Å². The highest BCUT2D eigenvalue weighted by Crippen LogP contribution is 2.27. The van der Waals surface area contributed by atoms with Crippen molar-refractivity contribution < 1.29 is 18.7 Å². The molecule has 0 unspecified atom stereocenters. The third-order valence-electron chi connectivity index (χ3n) is 6.15. The average Bonchev–Trinajstić information content (AvgIpc) is 2.89. The Morgan fingerprint density at radius 1 is 0.971 bits per heavy atom.